The molecule has 0 saturated heterocycles. The highest BCUT2D eigenvalue weighted by molar-refractivity contribution is 7.18. The number of hydrogen-bond donors (Lipinski definition) is 1. The Morgan fingerprint density at radius 2 is 1.78 bits per heavy atom. The van der Waals surface area contributed by atoms with Gasteiger partial charge in [-0.2, -0.15) is 0 Å². The molecular weight excluding hydrogens is 382 g/mol. The third kappa shape index (κ3) is 4.84. The van der Waals surface area contributed by atoms with Crippen molar-refractivity contribution in [3.05, 3.63) is 59.1 Å². The summed E-state index contributed by atoms with van der Waals surface area (Å²) in [6, 6.07) is 15.1. The highest BCUT2D eigenvalue weighted by atomic mass is 35.5. The molecule has 0 saturated carbocycles. The zero-order valence-electron chi connectivity index (χ0n) is 15.3. The number of amides is 1. The Kier molecular flexibility index (Phi) is 6.08. The van der Waals surface area contributed by atoms with Crippen LogP contribution < -0.4 is 10.1 Å². The van der Waals surface area contributed by atoms with Gasteiger partial charge < -0.3 is 4.74 Å². The number of nitrogens with zero attached hydrogens (tertiary/aromatic N) is 2. The number of benzene rings is 2. The number of carbonyl (C=O) groups excluding carboxylic acids is 1. The number of hydrogen-bond acceptors (Lipinski definition) is 5. The molecule has 0 unspecified atom stereocenters. The fourth-order valence-corrected chi connectivity index (χ4v) is 3.38. The van der Waals surface area contributed by atoms with Crippen LogP contribution >= 0.6 is 22.9 Å². The Labute approximate surface area is 167 Å². The van der Waals surface area contributed by atoms with Gasteiger partial charge >= 0.3 is 0 Å². The van der Waals surface area contributed by atoms with Crippen molar-refractivity contribution in [2.24, 2.45) is 0 Å². The molecule has 140 valence electrons. The largest absolute Gasteiger partial charge is 0.481 e. The molecule has 7 heteroatoms. The number of nitrogens with one attached hydrogen (secondary N) is 1. The van der Waals surface area contributed by atoms with Crippen molar-refractivity contribution in [1.82, 2.24) is 10.2 Å². The lowest BCUT2D eigenvalue weighted by Crippen LogP contribution is -2.30. The molecule has 27 heavy (non-hydrogen) atoms. The van der Waals surface area contributed by atoms with Crippen LogP contribution in [0.25, 0.3) is 10.6 Å². The first-order chi connectivity index (χ1) is 12.9. The minimum Gasteiger partial charge on any atom is -0.481 e. The van der Waals surface area contributed by atoms with Crippen molar-refractivity contribution in [2.75, 3.05) is 5.32 Å². The maximum Gasteiger partial charge on any atom is 0.266 e. The predicted molar refractivity (Wildman–Crippen MR) is 110 cm³/mol. The quantitative estimate of drug-likeness (QED) is 0.601. The van der Waals surface area contributed by atoms with E-state index in [0.29, 0.717) is 26.8 Å². The molecule has 0 spiro atoms. The monoisotopic (exact) mass is 401 g/mol. The zero-order valence-corrected chi connectivity index (χ0v) is 16.8. The molecule has 0 fully saturated rings. The van der Waals surface area contributed by atoms with Crippen molar-refractivity contribution < 1.29 is 9.53 Å². The molecule has 1 N–H and O–H groups in total. The highest BCUT2D eigenvalue weighted by Gasteiger charge is 2.19. The van der Waals surface area contributed by atoms with Gasteiger partial charge in [0.2, 0.25) is 5.13 Å². The number of para-hydroxylation sites is 1. The smallest absolute Gasteiger partial charge is 0.266 e. The second-order valence-corrected chi connectivity index (χ2v) is 7.78. The van der Waals surface area contributed by atoms with E-state index in [-0.39, 0.29) is 5.91 Å². The van der Waals surface area contributed by atoms with Crippen LogP contribution in [0.5, 0.6) is 5.75 Å². The summed E-state index contributed by atoms with van der Waals surface area (Å²) in [5.74, 6) is 0.753. The predicted octanol–water partition coefficient (Wildman–Crippen LogP) is 5.39. The van der Waals surface area contributed by atoms with Crippen LogP contribution in [0.1, 0.15) is 32.3 Å². The molecule has 5 nitrogen and oxygen atoms in total. The fraction of sp³-hybridized carbons (Fsp3) is 0.250. The van der Waals surface area contributed by atoms with Gasteiger partial charge in [-0.3, -0.25) is 10.1 Å². The van der Waals surface area contributed by atoms with E-state index >= 15 is 0 Å². The summed E-state index contributed by atoms with van der Waals surface area (Å²) in [5.41, 5.74) is 1.96. The van der Waals surface area contributed by atoms with E-state index < -0.39 is 6.10 Å². The normalized spacial score (nSPS) is 12.0. The number of rotatable bonds is 6. The molecular formula is C20H20ClN3O2S. The number of anilines is 1. The third-order valence-corrected chi connectivity index (χ3v) is 5.10. The van der Waals surface area contributed by atoms with Crippen LogP contribution in [0.3, 0.4) is 0 Å². The van der Waals surface area contributed by atoms with Crippen LogP contribution in [-0.4, -0.2) is 22.2 Å². The minimum atomic E-state index is -0.659. The van der Waals surface area contributed by atoms with E-state index in [1.54, 1.807) is 19.1 Å². The van der Waals surface area contributed by atoms with Crippen molar-refractivity contribution in [2.45, 2.75) is 32.8 Å². The molecule has 1 aromatic heterocycles. The molecule has 1 amide bonds. The van der Waals surface area contributed by atoms with Crippen molar-refractivity contribution in [3.63, 3.8) is 0 Å². The van der Waals surface area contributed by atoms with E-state index in [1.807, 2.05) is 36.4 Å². The van der Waals surface area contributed by atoms with Crippen LogP contribution in [0.2, 0.25) is 5.02 Å². The fourth-order valence-electron chi connectivity index (χ4n) is 2.50. The second kappa shape index (κ2) is 8.50. The summed E-state index contributed by atoms with van der Waals surface area (Å²) < 4.78 is 5.88. The Balaban J connectivity index is 1.66. The molecule has 2 aromatic carbocycles. The Morgan fingerprint density at radius 3 is 2.48 bits per heavy atom. The molecule has 3 aromatic rings. The summed E-state index contributed by atoms with van der Waals surface area (Å²) >= 11 is 7.20. The SMILES string of the molecule is CC(C)c1ccccc1O[C@H](C)C(=O)Nc1nnc(-c2ccc(Cl)cc2)s1. The summed E-state index contributed by atoms with van der Waals surface area (Å²) in [7, 11) is 0. The van der Waals surface area contributed by atoms with Crippen molar-refractivity contribution in [3.8, 4) is 16.3 Å². The van der Waals surface area contributed by atoms with Gasteiger partial charge in [-0.25, -0.2) is 0 Å². The molecule has 0 aliphatic carbocycles. The maximum atomic E-state index is 12.5. The first-order valence-electron chi connectivity index (χ1n) is 8.60. The third-order valence-electron chi connectivity index (χ3n) is 3.96. The van der Waals surface area contributed by atoms with E-state index in [0.717, 1.165) is 11.1 Å². The van der Waals surface area contributed by atoms with Crippen LogP contribution in [0.15, 0.2) is 48.5 Å². The maximum absolute atomic E-state index is 12.5. The molecule has 1 heterocycles. The van der Waals surface area contributed by atoms with Gasteiger partial charge in [0.25, 0.3) is 5.91 Å². The second-order valence-electron chi connectivity index (χ2n) is 6.36. The molecule has 1 atom stereocenters. The summed E-state index contributed by atoms with van der Waals surface area (Å²) in [5, 5.41) is 12.7. The van der Waals surface area contributed by atoms with Crippen LogP contribution in [-0.2, 0) is 4.79 Å². The van der Waals surface area contributed by atoms with Gasteiger partial charge in [0.15, 0.2) is 6.10 Å². The van der Waals surface area contributed by atoms with Gasteiger partial charge in [-0.05, 0) is 36.6 Å². The molecule has 3 rings (SSSR count). The summed E-state index contributed by atoms with van der Waals surface area (Å²) in [4.78, 5) is 12.5. The highest BCUT2D eigenvalue weighted by Crippen LogP contribution is 2.29. The Bertz CT molecular complexity index is 925. The lowest BCUT2D eigenvalue weighted by molar-refractivity contribution is -0.122. The average Bonchev–Trinajstić information content (AvgIpc) is 3.11. The van der Waals surface area contributed by atoms with Gasteiger partial charge in [0, 0.05) is 10.6 Å². The lowest BCUT2D eigenvalue weighted by atomic mass is 10.0. The van der Waals surface area contributed by atoms with Gasteiger partial charge in [0.05, 0.1) is 0 Å². The molecule has 0 aliphatic heterocycles. The standard InChI is InChI=1S/C20H20ClN3O2S/c1-12(2)16-6-4-5-7-17(16)26-13(3)18(25)22-20-24-23-19(27-20)14-8-10-15(21)11-9-14/h4-13H,1-3H3,(H,22,24,25)/t13-/m1/s1. The van der Waals surface area contributed by atoms with Gasteiger partial charge in [-0.1, -0.05) is 67.1 Å². The molecule has 0 radical (unpaired) electrons. The van der Waals surface area contributed by atoms with Crippen molar-refractivity contribution >= 4 is 34.0 Å². The number of carbonyl (C=O) groups is 1. The van der Waals surface area contributed by atoms with Crippen LogP contribution in [0.4, 0.5) is 5.13 Å². The summed E-state index contributed by atoms with van der Waals surface area (Å²) in [6.07, 6.45) is -0.659. The van der Waals surface area contributed by atoms with E-state index in [1.165, 1.54) is 11.3 Å². The first-order valence-corrected chi connectivity index (χ1v) is 9.79. The van der Waals surface area contributed by atoms with Gasteiger partial charge in [0.1, 0.15) is 10.8 Å². The van der Waals surface area contributed by atoms with E-state index in [2.05, 4.69) is 29.4 Å². The van der Waals surface area contributed by atoms with Crippen LogP contribution in [0, 0.1) is 0 Å². The number of halogens is 1. The Hall–Kier alpha value is -2.44. The lowest BCUT2D eigenvalue weighted by Gasteiger charge is -2.18. The number of ether oxygens (including phenoxy) is 1. The Morgan fingerprint density at radius 1 is 1.07 bits per heavy atom. The topological polar surface area (TPSA) is 64.1 Å². The molecule has 0 bridgehead atoms. The number of aromatic nitrogens is 2. The zero-order chi connectivity index (χ0) is 19.4. The van der Waals surface area contributed by atoms with Gasteiger partial charge in [-0.15, -0.1) is 10.2 Å². The van der Waals surface area contributed by atoms with E-state index in [4.69, 9.17) is 16.3 Å². The first kappa shape index (κ1) is 19.3. The minimum absolute atomic E-state index is 0.271. The van der Waals surface area contributed by atoms with Crippen molar-refractivity contribution in [1.29, 1.82) is 0 Å². The molecule has 0 aliphatic rings. The average molecular weight is 402 g/mol. The van der Waals surface area contributed by atoms with E-state index in [9.17, 15) is 4.79 Å². The summed E-state index contributed by atoms with van der Waals surface area (Å²) in [6.45, 7) is 5.90.